The zero-order valence-electron chi connectivity index (χ0n) is 12.7. The van der Waals surface area contributed by atoms with Crippen LogP contribution in [0.1, 0.15) is 12.5 Å². The maximum atomic E-state index is 13.9. The Balaban J connectivity index is 3.41. The number of nitrogens with zero attached hydrogens (tertiary/aromatic N) is 1. The molecule has 1 aromatic carbocycles. The fourth-order valence-electron chi connectivity index (χ4n) is 1.76. The van der Waals surface area contributed by atoms with Crippen LogP contribution in [0.3, 0.4) is 0 Å². The highest BCUT2D eigenvalue weighted by atomic mass is 32.1. The van der Waals surface area contributed by atoms with Gasteiger partial charge in [-0.15, -0.1) is 0 Å². The summed E-state index contributed by atoms with van der Waals surface area (Å²) < 4.78 is 105. The monoisotopic (exact) mass is 393 g/mol. The Morgan fingerprint density at radius 3 is 1.84 bits per heavy atom. The van der Waals surface area contributed by atoms with Crippen molar-refractivity contribution in [1.82, 2.24) is 0 Å². The van der Waals surface area contributed by atoms with Gasteiger partial charge in [-0.1, -0.05) is 29.9 Å². The molecule has 0 aromatic heterocycles. The van der Waals surface area contributed by atoms with E-state index in [2.05, 4.69) is 12.2 Å². The molecular weight excluding hydrogens is 382 g/mol. The normalized spacial score (nSPS) is 13.1. The van der Waals surface area contributed by atoms with Crippen molar-refractivity contribution >= 4 is 28.8 Å². The topological polar surface area (TPSA) is 20.3 Å². The molecule has 0 bridgehead atoms. The summed E-state index contributed by atoms with van der Waals surface area (Å²) in [7, 11) is 0. The third kappa shape index (κ3) is 3.60. The van der Waals surface area contributed by atoms with Crippen LogP contribution in [0.15, 0.2) is 24.3 Å². The Kier molecular flexibility index (Phi) is 5.83. The standard InChI is InChI=1S/C14H11F8NOS/c1-7-3-5-9(6-4-7)23(8(2)24)11(25)13(19,20)14(21,22)12(17,18)10(15)16/h3-6,10H,1-2H3. The van der Waals surface area contributed by atoms with Gasteiger partial charge in [-0.05, 0) is 19.1 Å². The molecule has 0 heterocycles. The van der Waals surface area contributed by atoms with Crippen molar-refractivity contribution in [1.29, 1.82) is 0 Å². The van der Waals surface area contributed by atoms with Crippen LogP contribution in [0.4, 0.5) is 40.8 Å². The smallest absolute Gasteiger partial charge is 0.274 e. The molecule has 0 aliphatic rings. The Labute approximate surface area is 142 Å². The van der Waals surface area contributed by atoms with Gasteiger partial charge in [0.15, 0.2) is 4.99 Å². The van der Waals surface area contributed by atoms with E-state index in [1.54, 1.807) is 6.92 Å². The summed E-state index contributed by atoms with van der Waals surface area (Å²) in [5.41, 5.74) is 0.207. The molecule has 0 atom stereocenters. The Hall–Kier alpha value is -1.78. The van der Waals surface area contributed by atoms with Crippen LogP contribution in [-0.4, -0.2) is 35.1 Å². The van der Waals surface area contributed by atoms with Crippen LogP contribution in [0.5, 0.6) is 0 Å². The maximum Gasteiger partial charge on any atom is 0.384 e. The van der Waals surface area contributed by atoms with Gasteiger partial charge < -0.3 is 0 Å². The van der Waals surface area contributed by atoms with Gasteiger partial charge >= 0.3 is 24.2 Å². The first kappa shape index (κ1) is 21.3. The number of aryl methyl sites for hydroxylation is 1. The molecule has 0 spiro atoms. The molecule has 0 saturated heterocycles. The predicted octanol–water partition coefficient (Wildman–Crippen LogP) is 4.85. The first-order chi connectivity index (χ1) is 11.2. The number of halogens is 8. The second-order valence-electron chi connectivity index (χ2n) is 5.07. The second kappa shape index (κ2) is 6.85. The quantitative estimate of drug-likeness (QED) is 0.527. The molecule has 25 heavy (non-hydrogen) atoms. The number of thiocarbonyl (C=S) groups is 1. The number of anilines is 1. The summed E-state index contributed by atoms with van der Waals surface area (Å²) in [5, 5.41) is 0. The lowest BCUT2D eigenvalue weighted by molar-refractivity contribution is -0.319. The van der Waals surface area contributed by atoms with Gasteiger partial charge in [0.2, 0.25) is 5.91 Å². The SMILES string of the molecule is CC(=O)N(C(=S)C(F)(F)C(F)(F)C(F)(F)C(F)F)c1ccc(C)cc1. The van der Waals surface area contributed by atoms with Gasteiger partial charge in [-0.25, -0.2) is 8.78 Å². The lowest BCUT2D eigenvalue weighted by Gasteiger charge is -2.35. The zero-order valence-corrected chi connectivity index (χ0v) is 13.5. The maximum absolute atomic E-state index is 13.9. The number of rotatable bonds is 5. The van der Waals surface area contributed by atoms with Crippen LogP contribution in [0.2, 0.25) is 0 Å². The van der Waals surface area contributed by atoms with Crippen molar-refractivity contribution < 1.29 is 39.9 Å². The average Bonchev–Trinajstić information content (AvgIpc) is 2.48. The van der Waals surface area contributed by atoms with Crippen molar-refractivity contribution in [3.8, 4) is 0 Å². The van der Waals surface area contributed by atoms with Crippen molar-refractivity contribution in [2.24, 2.45) is 0 Å². The average molecular weight is 393 g/mol. The summed E-state index contributed by atoms with van der Waals surface area (Å²) in [6, 6.07) is 4.75. The summed E-state index contributed by atoms with van der Waals surface area (Å²) in [6.07, 6.45) is -5.07. The lowest BCUT2D eigenvalue weighted by atomic mass is 10.0. The molecule has 0 unspecified atom stereocenters. The van der Waals surface area contributed by atoms with E-state index in [1.807, 2.05) is 0 Å². The fourth-order valence-corrected chi connectivity index (χ4v) is 2.12. The number of carbonyl (C=O) groups is 1. The van der Waals surface area contributed by atoms with Crippen LogP contribution >= 0.6 is 12.2 Å². The zero-order chi connectivity index (χ0) is 19.8. The summed E-state index contributed by atoms with van der Waals surface area (Å²) in [4.78, 5) is 9.23. The minimum atomic E-state index is -6.52. The molecule has 0 aliphatic heterocycles. The van der Waals surface area contributed by atoms with Crippen molar-refractivity contribution in [3.63, 3.8) is 0 Å². The highest BCUT2D eigenvalue weighted by molar-refractivity contribution is 7.80. The minimum Gasteiger partial charge on any atom is -0.274 e. The largest absolute Gasteiger partial charge is 0.384 e. The number of carbonyl (C=O) groups excluding carboxylic acids is 1. The van der Waals surface area contributed by atoms with Gasteiger partial charge in [0.1, 0.15) is 0 Å². The van der Waals surface area contributed by atoms with E-state index in [4.69, 9.17) is 0 Å². The Bertz CT molecular complexity index is 659. The van der Waals surface area contributed by atoms with Crippen LogP contribution in [0, 0.1) is 6.92 Å². The number of hydrogen-bond donors (Lipinski definition) is 0. The third-order valence-corrected chi connectivity index (χ3v) is 3.60. The highest BCUT2D eigenvalue weighted by Gasteiger charge is 2.77. The van der Waals surface area contributed by atoms with Crippen molar-refractivity contribution in [2.45, 2.75) is 38.0 Å². The number of amides is 1. The second-order valence-corrected chi connectivity index (χ2v) is 5.45. The third-order valence-electron chi connectivity index (χ3n) is 3.17. The Morgan fingerprint density at radius 2 is 1.48 bits per heavy atom. The molecule has 0 saturated carbocycles. The van der Waals surface area contributed by atoms with Crippen molar-refractivity contribution in [2.75, 3.05) is 4.90 Å². The van der Waals surface area contributed by atoms with E-state index in [0.717, 1.165) is 12.1 Å². The van der Waals surface area contributed by atoms with E-state index in [0.29, 0.717) is 12.5 Å². The van der Waals surface area contributed by atoms with Gasteiger partial charge in [0.05, 0.1) is 0 Å². The number of alkyl halides is 8. The molecular formula is C14H11F8NOS. The van der Waals surface area contributed by atoms with Crippen LogP contribution in [0.25, 0.3) is 0 Å². The molecule has 11 heteroatoms. The summed E-state index contributed by atoms with van der Waals surface area (Å²) >= 11 is 4.10. The molecule has 140 valence electrons. The van der Waals surface area contributed by atoms with Crippen LogP contribution < -0.4 is 4.90 Å². The molecule has 1 aromatic rings. The van der Waals surface area contributed by atoms with E-state index in [1.165, 1.54) is 12.1 Å². The summed E-state index contributed by atoms with van der Waals surface area (Å²) in [5.74, 6) is -20.1. The predicted molar refractivity (Wildman–Crippen MR) is 77.8 cm³/mol. The van der Waals surface area contributed by atoms with Gasteiger partial charge in [-0.3, -0.25) is 9.69 Å². The Morgan fingerprint density at radius 1 is 1.04 bits per heavy atom. The first-order valence-corrected chi connectivity index (χ1v) is 6.92. The fraction of sp³-hybridized carbons (Fsp3) is 0.429. The molecule has 0 radical (unpaired) electrons. The lowest BCUT2D eigenvalue weighted by Crippen LogP contribution is -2.63. The minimum absolute atomic E-state index is 0.107. The molecule has 1 rings (SSSR count). The van der Waals surface area contributed by atoms with E-state index < -0.39 is 40.8 Å². The summed E-state index contributed by atoms with van der Waals surface area (Å²) in [6.45, 7) is 2.26. The van der Waals surface area contributed by atoms with E-state index in [9.17, 15) is 39.9 Å². The molecule has 2 nitrogen and oxygen atoms in total. The van der Waals surface area contributed by atoms with E-state index in [-0.39, 0.29) is 4.90 Å². The number of benzene rings is 1. The van der Waals surface area contributed by atoms with Crippen molar-refractivity contribution in [3.05, 3.63) is 29.8 Å². The van der Waals surface area contributed by atoms with Gasteiger partial charge in [0, 0.05) is 12.6 Å². The van der Waals surface area contributed by atoms with Crippen LogP contribution in [-0.2, 0) is 4.79 Å². The molecule has 0 fully saturated rings. The first-order valence-electron chi connectivity index (χ1n) is 6.51. The highest BCUT2D eigenvalue weighted by Crippen LogP contribution is 2.49. The molecule has 1 amide bonds. The van der Waals surface area contributed by atoms with Gasteiger partial charge in [0.25, 0.3) is 0 Å². The number of hydrogen-bond acceptors (Lipinski definition) is 2. The molecule has 0 aliphatic carbocycles. The van der Waals surface area contributed by atoms with E-state index >= 15 is 0 Å². The molecule has 0 N–H and O–H groups in total. The van der Waals surface area contributed by atoms with Gasteiger partial charge in [-0.2, -0.15) is 26.3 Å².